The number of H-pyrrole nitrogens is 1. The van der Waals surface area contributed by atoms with Crippen LogP contribution >= 0.6 is 0 Å². The number of benzene rings is 1. The van der Waals surface area contributed by atoms with Gasteiger partial charge in [0.2, 0.25) is 0 Å². The Morgan fingerprint density at radius 2 is 2.25 bits per heavy atom. The minimum atomic E-state index is 0.752. The highest BCUT2D eigenvalue weighted by Crippen LogP contribution is 2.19. The molecule has 3 nitrogen and oxygen atoms in total. The summed E-state index contributed by atoms with van der Waals surface area (Å²) in [5.74, 6) is 0. The first-order chi connectivity index (χ1) is 7.81. The molecule has 1 aromatic heterocycles. The molecule has 0 saturated heterocycles. The molecule has 0 atom stereocenters. The number of aromatic amines is 1. The molecule has 0 aliphatic rings. The Morgan fingerprint density at radius 1 is 1.38 bits per heavy atom. The summed E-state index contributed by atoms with van der Waals surface area (Å²) in [7, 11) is 1.72. The summed E-state index contributed by atoms with van der Waals surface area (Å²) in [6, 6.07) is 8.56. The molecule has 0 saturated carbocycles. The van der Waals surface area contributed by atoms with E-state index in [2.05, 4.69) is 41.5 Å². The van der Waals surface area contributed by atoms with E-state index in [4.69, 9.17) is 4.74 Å². The molecule has 3 heteroatoms. The molecule has 2 N–H and O–H groups in total. The van der Waals surface area contributed by atoms with Crippen molar-refractivity contribution in [2.45, 2.75) is 13.5 Å². The van der Waals surface area contributed by atoms with Gasteiger partial charge in [0.25, 0.3) is 0 Å². The maximum atomic E-state index is 5.00. The lowest BCUT2D eigenvalue weighted by atomic mass is 10.1. The Hall–Kier alpha value is -1.32. The number of nitrogens with one attached hydrogen (secondary N) is 2. The van der Waals surface area contributed by atoms with Crippen molar-refractivity contribution in [3.05, 3.63) is 35.5 Å². The summed E-state index contributed by atoms with van der Waals surface area (Å²) in [5, 5.41) is 4.68. The Bertz CT molecular complexity index is 462. The van der Waals surface area contributed by atoms with E-state index in [0.717, 1.165) is 19.7 Å². The highest BCUT2D eigenvalue weighted by molar-refractivity contribution is 5.83. The average Bonchev–Trinajstić information content (AvgIpc) is 2.65. The SMILES string of the molecule is COCCNCc1cccc2[nH]c(C)cc12. The minimum Gasteiger partial charge on any atom is -0.383 e. The standard InChI is InChI=1S/C13H18N2O/c1-10-8-12-11(9-14-6-7-16-2)4-3-5-13(12)15-10/h3-5,8,14-15H,6-7,9H2,1-2H3. The van der Waals surface area contributed by atoms with Gasteiger partial charge in [0.15, 0.2) is 0 Å². The zero-order valence-electron chi connectivity index (χ0n) is 9.84. The number of aromatic nitrogens is 1. The normalized spacial score (nSPS) is 11.1. The highest BCUT2D eigenvalue weighted by atomic mass is 16.5. The highest BCUT2D eigenvalue weighted by Gasteiger charge is 2.02. The molecular weight excluding hydrogens is 200 g/mol. The summed E-state index contributed by atoms with van der Waals surface area (Å²) in [5.41, 5.74) is 3.75. The van der Waals surface area contributed by atoms with Crippen LogP contribution in [0, 0.1) is 6.92 Å². The number of methoxy groups -OCH3 is 1. The van der Waals surface area contributed by atoms with Gasteiger partial charge in [-0.05, 0) is 24.6 Å². The van der Waals surface area contributed by atoms with Gasteiger partial charge in [0.05, 0.1) is 6.61 Å². The fourth-order valence-corrected chi connectivity index (χ4v) is 1.91. The molecule has 1 heterocycles. The zero-order valence-corrected chi connectivity index (χ0v) is 9.84. The van der Waals surface area contributed by atoms with Crippen LogP contribution in [0.25, 0.3) is 10.9 Å². The van der Waals surface area contributed by atoms with Crippen molar-refractivity contribution in [1.29, 1.82) is 0 Å². The number of aryl methyl sites for hydroxylation is 1. The maximum absolute atomic E-state index is 5.00. The smallest absolute Gasteiger partial charge is 0.0587 e. The van der Waals surface area contributed by atoms with Crippen molar-refractivity contribution in [2.75, 3.05) is 20.3 Å². The molecular formula is C13H18N2O. The third-order valence-electron chi connectivity index (χ3n) is 2.69. The first-order valence-corrected chi connectivity index (χ1v) is 5.58. The van der Waals surface area contributed by atoms with Crippen molar-refractivity contribution in [2.24, 2.45) is 0 Å². The van der Waals surface area contributed by atoms with Gasteiger partial charge in [-0.2, -0.15) is 0 Å². The summed E-state index contributed by atoms with van der Waals surface area (Å²) < 4.78 is 5.00. The molecule has 0 bridgehead atoms. The number of hydrogen-bond acceptors (Lipinski definition) is 2. The van der Waals surface area contributed by atoms with Gasteiger partial charge in [-0.15, -0.1) is 0 Å². The molecule has 0 amide bonds. The Labute approximate surface area is 95.8 Å². The summed E-state index contributed by atoms with van der Waals surface area (Å²) in [6.45, 7) is 4.61. The predicted octanol–water partition coefficient (Wildman–Crippen LogP) is 2.21. The van der Waals surface area contributed by atoms with E-state index in [1.165, 1.54) is 22.2 Å². The van der Waals surface area contributed by atoms with E-state index in [1.54, 1.807) is 7.11 Å². The minimum absolute atomic E-state index is 0.752. The molecule has 0 spiro atoms. The van der Waals surface area contributed by atoms with Crippen molar-refractivity contribution < 1.29 is 4.74 Å². The van der Waals surface area contributed by atoms with Gasteiger partial charge >= 0.3 is 0 Å². The van der Waals surface area contributed by atoms with E-state index >= 15 is 0 Å². The van der Waals surface area contributed by atoms with Crippen molar-refractivity contribution in [1.82, 2.24) is 10.3 Å². The second kappa shape index (κ2) is 5.14. The summed E-state index contributed by atoms with van der Waals surface area (Å²) >= 11 is 0. The molecule has 16 heavy (non-hydrogen) atoms. The van der Waals surface area contributed by atoms with Gasteiger partial charge in [0, 0.05) is 36.8 Å². The molecule has 2 rings (SSSR count). The summed E-state index contributed by atoms with van der Waals surface area (Å²) in [6.07, 6.45) is 0. The molecule has 0 fully saturated rings. The monoisotopic (exact) mass is 218 g/mol. The van der Waals surface area contributed by atoms with Crippen LogP contribution < -0.4 is 5.32 Å². The lowest BCUT2D eigenvalue weighted by Crippen LogP contribution is -2.18. The van der Waals surface area contributed by atoms with Crippen LogP contribution in [-0.2, 0) is 11.3 Å². The molecule has 1 aromatic carbocycles. The van der Waals surface area contributed by atoms with E-state index < -0.39 is 0 Å². The third kappa shape index (κ3) is 2.43. The topological polar surface area (TPSA) is 37.0 Å². The van der Waals surface area contributed by atoms with Crippen LogP contribution in [0.5, 0.6) is 0 Å². The summed E-state index contributed by atoms with van der Waals surface area (Å²) in [4.78, 5) is 3.35. The first kappa shape index (κ1) is 11.2. The Kier molecular flexibility index (Phi) is 3.59. The molecule has 86 valence electrons. The lowest BCUT2D eigenvalue weighted by Gasteiger charge is -2.05. The zero-order chi connectivity index (χ0) is 11.4. The number of ether oxygens (including phenoxy) is 1. The Balaban J connectivity index is 2.11. The fraction of sp³-hybridized carbons (Fsp3) is 0.385. The van der Waals surface area contributed by atoms with E-state index in [-0.39, 0.29) is 0 Å². The van der Waals surface area contributed by atoms with Crippen LogP contribution in [0.3, 0.4) is 0 Å². The molecule has 0 aliphatic heterocycles. The van der Waals surface area contributed by atoms with Crippen LogP contribution in [0.2, 0.25) is 0 Å². The predicted molar refractivity (Wildman–Crippen MR) is 66.6 cm³/mol. The van der Waals surface area contributed by atoms with E-state index in [9.17, 15) is 0 Å². The average molecular weight is 218 g/mol. The second-order valence-electron chi connectivity index (χ2n) is 4.00. The lowest BCUT2D eigenvalue weighted by molar-refractivity contribution is 0.199. The van der Waals surface area contributed by atoms with Crippen molar-refractivity contribution in [3.8, 4) is 0 Å². The van der Waals surface area contributed by atoms with Gasteiger partial charge < -0.3 is 15.0 Å². The van der Waals surface area contributed by atoms with Crippen LogP contribution in [0.15, 0.2) is 24.3 Å². The number of rotatable bonds is 5. The van der Waals surface area contributed by atoms with E-state index in [0.29, 0.717) is 0 Å². The van der Waals surface area contributed by atoms with Crippen molar-refractivity contribution in [3.63, 3.8) is 0 Å². The molecule has 0 radical (unpaired) electrons. The molecule has 0 unspecified atom stereocenters. The van der Waals surface area contributed by atoms with Gasteiger partial charge in [0.1, 0.15) is 0 Å². The maximum Gasteiger partial charge on any atom is 0.0587 e. The third-order valence-corrected chi connectivity index (χ3v) is 2.69. The van der Waals surface area contributed by atoms with Gasteiger partial charge in [-0.1, -0.05) is 12.1 Å². The fourth-order valence-electron chi connectivity index (χ4n) is 1.91. The number of fused-ring (bicyclic) bond motifs is 1. The van der Waals surface area contributed by atoms with Crippen LogP contribution in [0.1, 0.15) is 11.3 Å². The first-order valence-electron chi connectivity index (χ1n) is 5.58. The van der Waals surface area contributed by atoms with E-state index in [1.807, 2.05) is 0 Å². The van der Waals surface area contributed by atoms with Crippen molar-refractivity contribution >= 4 is 10.9 Å². The quantitative estimate of drug-likeness (QED) is 0.755. The Morgan fingerprint density at radius 3 is 3.06 bits per heavy atom. The van der Waals surface area contributed by atoms with Gasteiger partial charge in [-0.25, -0.2) is 0 Å². The number of hydrogen-bond donors (Lipinski definition) is 2. The van der Waals surface area contributed by atoms with Crippen LogP contribution in [0.4, 0.5) is 0 Å². The largest absolute Gasteiger partial charge is 0.383 e. The molecule has 0 aliphatic carbocycles. The van der Waals surface area contributed by atoms with Crippen LogP contribution in [-0.4, -0.2) is 25.2 Å². The second-order valence-corrected chi connectivity index (χ2v) is 4.00. The van der Waals surface area contributed by atoms with Gasteiger partial charge in [-0.3, -0.25) is 0 Å². The molecule has 2 aromatic rings.